The molecular weight excluding hydrogens is 475 g/mol. The third-order valence-corrected chi connectivity index (χ3v) is 6.31. The van der Waals surface area contributed by atoms with E-state index in [4.69, 9.17) is 16.3 Å². The highest BCUT2D eigenvalue weighted by atomic mass is 35.5. The maximum atomic E-state index is 13.3. The number of nitrogens with one attached hydrogen (secondary N) is 2. The van der Waals surface area contributed by atoms with Gasteiger partial charge in [-0.05, 0) is 81.7 Å². The summed E-state index contributed by atoms with van der Waals surface area (Å²) < 4.78 is 6.87. The summed E-state index contributed by atoms with van der Waals surface area (Å²) in [5.41, 5.74) is 4.25. The van der Waals surface area contributed by atoms with Crippen molar-refractivity contribution in [3.05, 3.63) is 76.1 Å². The second-order valence-electron chi connectivity index (χ2n) is 8.02. The van der Waals surface area contributed by atoms with Gasteiger partial charge in [-0.25, -0.2) is 9.48 Å². The maximum Gasteiger partial charge on any atom is 0.338 e. The lowest BCUT2D eigenvalue weighted by molar-refractivity contribution is 0.0526. The molecule has 1 fully saturated rings. The zero-order valence-electron chi connectivity index (χ0n) is 19.1. The number of hydrogen-bond donors (Lipinski definition) is 2. The molecule has 9 heteroatoms. The average molecular weight is 503 g/mol. The number of amides is 1. The van der Waals surface area contributed by atoms with Crippen LogP contribution < -0.4 is 10.6 Å². The molecule has 34 heavy (non-hydrogen) atoms. The third-order valence-electron chi connectivity index (χ3n) is 5.90. The first-order chi connectivity index (χ1) is 16.0. The Kier molecular flexibility index (Phi) is 8.72. The van der Waals surface area contributed by atoms with E-state index in [0.29, 0.717) is 28.4 Å². The lowest BCUT2D eigenvalue weighted by Gasteiger charge is -2.25. The van der Waals surface area contributed by atoms with E-state index in [1.165, 1.54) is 0 Å². The van der Waals surface area contributed by atoms with Gasteiger partial charge in [-0.1, -0.05) is 17.7 Å². The molecule has 1 aromatic heterocycles. The molecule has 0 unspecified atom stereocenters. The van der Waals surface area contributed by atoms with Crippen LogP contribution >= 0.6 is 24.0 Å². The number of benzene rings is 2. The predicted octanol–water partition coefficient (Wildman–Crippen LogP) is 5.15. The van der Waals surface area contributed by atoms with Crippen LogP contribution in [0.5, 0.6) is 0 Å². The molecule has 2 aromatic carbocycles. The van der Waals surface area contributed by atoms with Crippen molar-refractivity contribution >= 4 is 41.6 Å². The van der Waals surface area contributed by atoms with Gasteiger partial charge in [0.2, 0.25) is 0 Å². The van der Waals surface area contributed by atoms with Crippen LogP contribution in [-0.4, -0.2) is 41.4 Å². The van der Waals surface area contributed by atoms with Crippen molar-refractivity contribution in [2.45, 2.75) is 32.6 Å². The number of ether oxygens (including phenoxy) is 1. The van der Waals surface area contributed by atoms with Crippen molar-refractivity contribution in [1.29, 1.82) is 0 Å². The Bertz CT molecular complexity index is 1160. The molecule has 0 atom stereocenters. The van der Waals surface area contributed by atoms with Crippen molar-refractivity contribution in [2.24, 2.45) is 0 Å². The highest BCUT2D eigenvalue weighted by Crippen LogP contribution is 2.32. The SMILES string of the molecule is CCOC(=O)c1ccc(NC(=O)c2cnn(-c3cccc(Cl)c3C)c2C2CCNCC2)cc1.Cl. The van der Waals surface area contributed by atoms with Crippen LogP contribution in [0.25, 0.3) is 5.69 Å². The van der Waals surface area contributed by atoms with Crippen LogP contribution in [0.2, 0.25) is 5.02 Å². The molecule has 0 radical (unpaired) electrons. The van der Waals surface area contributed by atoms with Crippen molar-refractivity contribution < 1.29 is 14.3 Å². The summed E-state index contributed by atoms with van der Waals surface area (Å²) >= 11 is 6.37. The number of carbonyl (C=O) groups is 2. The number of esters is 1. The smallest absolute Gasteiger partial charge is 0.338 e. The first-order valence-electron chi connectivity index (χ1n) is 11.1. The molecule has 1 amide bonds. The summed E-state index contributed by atoms with van der Waals surface area (Å²) in [6.07, 6.45) is 3.46. The molecule has 0 spiro atoms. The van der Waals surface area contributed by atoms with Gasteiger partial charge in [0.05, 0.1) is 35.3 Å². The van der Waals surface area contributed by atoms with E-state index < -0.39 is 0 Å². The summed E-state index contributed by atoms with van der Waals surface area (Å²) in [7, 11) is 0. The average Bonchev–Trinajstić information content (AvgIpc) is 3.27. The van der Waals surface area contributed by atoms with Crippen LogP contribution in [0, 0.1) is 6.92 Å². The van der Waals surface area contributed by atoms with E-state index in [-0.39, 0.29) is 30.2 Å². The zero-order chi connectivity index (χ0) is 23.4. The van der Waals surface area contributed by atoms with Crippen molar-refractivity contribution in [2.75, 3.05) is 25.0 Å². The number of aromatic nitrogens is 2. The molecule has 4 rings (SSSR count). The summed E-state index contributed by atoms with van der Waals surface area (Å²) in [6, 6.07) is 12.4. The van der Waals surface area contributed by atoms with Crippen LogP contribution in [-0.2, 0) is 4.74 Å². The van der Waals surface area contributed by atoms with E-state index >= 15 is 0 Å². The van der Waals surface area contributed by atoms with E-state index in [2.05, 4.69) is 15.7 Å². The number of carbonyl (C=O) groups excluding carboxylic acids is 2. The summed E-state index contributed by atoms with van der Waals surface area (Å²) in [4.78, 5) is 25.2. The minimum atomic E-state index is -0.387. The number of nitrogens with zero attached hydrogens (tertiary/aromatic N) is 2. The predicted molar refractivity (Wildman–Crippen MR) is 136 cm³/mol. The Morgan fingerprint density at radius 3 is 2.56 bits per heavy atom. The zero-order valence-corrected chi connectivity index (χ0v) is 20.7. The van der Waals surface area contributed by atoms with Gasteiger partial charge in [-0.2, -0.15) is 5.10 Å². The molecule has 2 heterocycles. The number of halogens is 2. The van der Waals surface area contributed by atoms with Crippen molar-refractivity contribution in [1.82, 2.24) is 15.1 Å². The fourth-order valence-electron chi connectivity index (χ4n) is 4.14. The van der Waals surface area contributed by atoms with Crippen LogP contribution in [0.1, 0.15) is 57.7 Å². The monoisotopic (exact) mass is 502 g/mol. The summed E-state index contributed by atoms with van der Waals surface area (Å²) in [5, 5.41) is 11.6. The number of rotatable bonds is 6. The Hall–Kier alpha value is -2.87. The maximum absolute atomic E-state index is 13.3. The standard InChI is InChI=1S/C25H27ClN4O3.ClH/c1-3-33-25(32)18-7-9-19(10-8-18)29-24(31)20-15-28-30(22-6-4-5-21(26)16(22)2)23(20)17-11-13-27-14-12-17;/h4-10,15,17,27H,3,11-14H2,1-2H3,(H,29,31);1H. The Morgan fingerprint density at radius 2 is 1.88 bits per heavy atom. The van der Waals surface area contributed by atoms with Crippen molar-refractivity contribution in [3.63, 3.8) is 0 Å². The topological polar surface area (TPSA) is 85.2 Å². The van der Waals surface area contributed by atoms with Gasteiger partial charge in [0, 0.05) is 16.6 Å². The lowest BCUT2D eigenvalue weighted by Crippen LogP contribution is -2.29. The van der Waals surface area contributed by atoms with Crippen LogP contribution in [0.3, 0.4) is 0 Å². The fourth-order valence-corrected chi connectivity index (χ4v) is 4.31. The normalized spacial score (nSPS) is 13.7. The molecule has 7 nitrogen and oxygen atoms in total. The summed E-state index contributed by atoms with van der Waals surface area (Å²) in [6.45, 7) is 5.81. The number of piperidine rings is 1. The molecule has 0 aliphatic carbocycles. The quantitative estimate of drug-likeness (QED) is 0.455. The fraction of sp³-hybridized carbons (Fsp3) is 0.320. The van der Waals surface area contributed by atoms with E-state index in [0.717, 1.165) is 42.9 Å². The first-order valence-corrected chi connectivity index (χ1v) is 11.5. The van der Waals surface area contributed by atoms with Crippen LogP contribution in [0.4, 0.5) is 5.69 Å². The van der Waals surface area contributed by atoms with E-state index in [9.17, 15) is 9.59 Å². The second-order valence-corrected chi connectivity index (χ2v) is 8.42. The third kappa shape index (κ3) is 5.43. The minimum Gasteiger partial charge on any atom is -0.462 e. The molecule has 2 N–H and O–H groups in total. The lowest BCUT2D eigenvalue weighted by atomic mass is 9.91. The van der Waals surface area contributed by atoms with Gasteiger partial charge in [-0.15, -0.1) is 12.4 Å². The van der Waals surface area contributed by atoms with Crippen molar-refractivity contribution in [3.8, 4) is 5.69 Å². The highest BCUT2D eigenvalue weighted by molar-refractivity contribution is 6.31. The van der Waals surface area contributed by atoms with Gasteiger partial charge in [-0.3, -0.25) is 4.79 Å². The molecule has 1 saturated heterocycles. The number of hydrogen-bond acceptors (Lipinski definition) is 5. The minimum absolute atomic E-state index is 0. The van der Waals surface area contributed by atoms with Gasteiger partial charge in [0.25, 0.3) is 5.91 Å². The molecule has 0 bridgehead atoms. The van der Waals surface area contributed by atoms with Gasteiger partial charge in [0.15, 0.2) is 0 Å². The summed E-state index contributed by atoms with van der Waals surface area (Å²) in [5.74, 6) is -0.431. The first kappa shape index (κ1) is 25.7. The highest BCUT2D eigenvalue weighted by Gasteiger charge is 2.27. The molecular formula is C25H28Cl2N4O3. The Morgan fingerprint density at radius 1 is 1.18 bits per heavy atom. The number of anilines is 1. The molecule has 3 aromatic rings. The largest absolute Gasteiger partial charge is 0.462 e. The molecule has 1 aliphatic rings. The Balaban J connectivity index is 0.00000324. The molecule has 0 saturated carbocycles. The van der Waals surface area contributed by atoms with Gasteiger partial charge >= 0.3 is 5.97 Å². The van der Waals surface area contributed by atoms with E-state index in [1.807, 2.05) is 29.8 Å². The molecule has 180 valence electrons. The molecule has 1 aliphatic heterocycles. The van der Waals surface area contributed by atoms with Gasteiger partial charge in [0.1, 0.15) is 0 Å². The van der Waals surface area contributed by atoms with Gasteiger partial charge < -0.3 is 15.4 Å². The van der Waals surface area contributed by atoms with Crippen LogP contribution in [0.15, 0.2) is 48.7 Å². The van der Waals surface area contributed by atoms with E-state index in [1.54, 1.807) is 37.4 Å². The second kappa shape index (κ2) is 11.5. The Labute approximate surface area is 210 Å².